The third kappa shape index (κ3) is 3.71. The summed E-state index contributed by atoms with van der Waals surface area (Å²) in [5, 5.41) is 0.952. The minimum Gasteiger partial charge on any atom is -0.299 e. The molecular weight excluding hydrogens is 441 g/mol. The lowest BCUT2D eigenvalue weighted by molar-refractivity contribution is -0.131. The van der Waals surface area contributed by atoms with E-state index in [1.807, 2.05) is 30.5 Å². The number of carbonyl (C=O) groups excluding carboxylic acids is 1. The summed E-state index contributed by atoms with van der Waals surface area (Å²) < 4.78 is 14.8. The van der Waals surface area contributed by atoms with Gasteiger partial charge in [-0.2, -0.15) is 0 Å². The van der Waals surface area contributed by atoms with Crippen molar-refractivity contribution in [1.82, 2.24) is 4.98 Å². The minimum absolute atomic E-state index is 0.200. The van der Waals surface area contributed by atoms with Crippen LogP contribution in [0.15, 0.2) is 59.2 Å². The summed E-state index contributed by atoms with van der Waals surface area (Å²) >= 11 is 3.55. The van der Waals surface area contributed by atoms with Crippen molar-refractivity contribution in [3.63, 3.8) is 0 Å². The van der Waals surface area contributed by atoms with Crippen molar-refractivity contribution in [2.24, 2.45) is 11.3 Å². The van der Waals surface area contributed by atoms with Crippen molar-refractivity contribution in [2.45, 2.75) is 50.9 Å². The van der Waals surface area contributed by atoms with Crippen molar-refractivity contribution in [1.29, 1.82) is 0 Å². The van der Waals surface area contributed by atoms with Gasteiger partial charge >= 0.3 is 0 Å². The smallest absolute Gasteiger partial charge is 0.140 e. The number of Topliss-reactive ketones (excluding diaryl/α,β-unsaturated/α-hetero) is 1. The van der Waals surface area contributed by atoms with Crippen LogP contribution in [0.2, 0.25) is 0 Å². The molecule has 0 aliphatic heterocycles. The van der Waals surface area contributed by atoms with E-state index >= 15 is 0 Å². The van der Waals surface area contributed by atoms with Gasteiger partial charge in [-0.3, -0.25) is 9.78 Å². The third-order valence-corrected chi connectivity index (χ3v) is 8.13. The monoisotopic (exact) mass is 465 g/mol. The van der Waals surface area contributed by atoms with Gasteiger partial charge in [-0.1, -0.05) is 34.1 Å². The highest BCUT2D eigenvalue weighted by molar-refractivity contribution is 9.10. The van der Waals surface area contributed by atoms with Crippen LogP contribution in [0.5, 0.6) is 0 Å². The average molecular weight is 466 g/mol. The predicted octanol–water partition coefficient (Wildman–Crippen LogP) is 7.00. The van der Waals surface area contributed by atoms with Crippen LogP contribution in [0, 0.1) is 17.2 Å². The number of pyridine rings is 1. The number of benzene rings is 2. The summed E-state index contributed by atoms with van der Waals surface area (Å²) in [6.07, 6.45) is 9.00. The topological polar surface area (TPSA) is 30.0 Å². The minimum atomic E-state index is -0.200. The molecule has 5 rings (SSSR count). The number of rotatable bonds is 4. The SMILES string of the molecule is O=C(Cc1ccccc1Br)C1CC2(CCC(c3ccnc4ccc(F)cc34)CC2)C1. The zero-order chi connectivity index (χ0) is 20.7. The number of hydrogen-bond donors (Lipinski definition) is 0. The Morgan fingerprint density at radius 3 is 2.63 bits per heavy atom. The van der Waals surface area contributed by atoms with Crippen molar-refractivity contribution >= 4 is 32.6 Å². The number of hydrogen-bond acceptors (Lipinski definition) is 2. The van der Waals surface area contributed by atoms with Crippen molar-refractivity contribution in [3.8, 4) is 0 Å². The number of fused-ring (bicyclic) bond motifs is 1. The quantitative estimate of drug-likeness (QED) is 0.414. The van der Waals surface area contributed by atoms with E-state index in [0.717, 1.165) is 59.5 Å². The average Bonchev–Trinajstić information content (AvgIpc) is 2.73. The van der Waals surface area contributed by atoms with Gasteiger partial charge in [0.1, 0.15) is 11.6 Å². The van der Waals surface area contributed by atoms with Gasteiger partial charge in [0, 0.05) is 28.4 Å². The van der Waals surface area contributed by atoms with Gasteiger partial charge in [0.15, 0.2) is 0 Å². The zero-order valence-corrected chi connectivity index (χ0v) is 18.5. The molecule has 154 valence electrons. The van der Waals surface area contributed by atoms with Gasteiger partial charge in [0.05, 0.1) is 5.52 Å². The van der Waals surface area contributed by atoms with Gasteiger partial charge in [-0.15, -0.1) is 0 Å². The molecule has 3 aromatic rings. The van der Waals surface area contributed by atoms with E-state index in [2.05, 4.69) is 27.0 Å². The number of aromatic nitrogens is 1. The Labute approximate surface area is 185 Å². The molecule has 2 aliphatic carbocycles. The highest BCUT2D eigenvalue weighted by atomic mass is 79.9. The van der Waals surface area contributed by atoms with Crippen LogP contribution in [0.4, 0.5) is 4.39 Å². The molecule has 2 aliphatic rings. The fraction of sp³-hybridized carbons (Fsp3) is 0.385. The van der Waals surface area contributed by atoms with Crippen LogP contribution in [0.25, 0.3) is 10.9 Å². The Kier molecular flexibility index (Phi) is 5.22. The molecule has 2 fully saturated rings. The molecule has 0 amide bonds. The van der Waals surface area contributed by atoms with Crippen LogP contribution in [-0.2, 0) is 11.2 Å². The van der Waals surface area contributed by atoms with Gasteiger partial charge in [-0.05, 0) is 91.3 Å². The Hall–Kier alpha value is -2.07. The molecule has 4 heteroatoms. The van der Waals surface area contributed by atoms with E-state index < -0.39 is 0 Å². The maximum absolute atomic E-state index is 13.8. The first-order chi connectivity index (χ1) is 14.5. The molecule has 0 bridgehead atoms. The van der Waals surface area contributed by atoms with Crippen LogP contribution in [-0.4, -0.2) is 10.8 Å². The Balaban J connectivity index is 1.22. The number of carbonyl (C=O) groups is 1. The van der Waals surface area contributed by atoms with Gasteiger partial charge in [0.2, 0.25) is 0 Å². The molecule has 0 N–H and O–H groups in total. The number of nitrogens with zero attached hydrogens (tertiary/aromatic N) is 1. The van der Waals surface area contributed by atoms with E-state index in [1.165, 1.54) is 11.6 Å². The van der Waals surface area contributed by atoms with E-state index in [9.17, 15) is 9.18 Å². The second-order valence-electron chi connectivity index (χ2n) is 9.18. The fourth-order valence-electron chi connectivity index (χ4n) is 5.63. The molecule has 2 nitrogen and oxygen atoms in total. The molecule has 0 unspecified atom stereocenters. The molecule has 0 saturated heterocycles. The second kappa shape index (κ2) is 7.88. The molecule has 2 saturated carbocycles. The lowest BCUT2D eigenvalue weighted by atomic mass is 9.53. The molecule has 1 heterocycles. The third-order valence-electron chi connectivity index (χ3n) is 7.36. The number of halogens is 2. The van der Waals surface area contributed by atoms with Gasteiger partial charge in [0.25, 0.3) is 0 Å². The first-order valence-electron chi connectivity index (χ1n) is 10.8. The summed E-state index contributed by atoms with van der Waals surface area (Å²) in [6, 6.07) is 14.9. The maximum atomic E-state index is 13.8. The molecule has 1 aromatic heterocycles. The largest absolute Gasteiger partial charge is 0.299 e. The Bertz CT molecular complexity index is 1100. The summed E-state index contributed by atoms with van der Waals surface area (Å²) in [5.74, 6) is 0.849. The highest BCUT2D eigenvalue weighted by Gasteiger charge is 2.48. The van der Waals surface area contributed by atoms with Crippen molar-refractivity contribution < 1.29 is 9.18 Å². The zero-order valence-electron chi connectivity index (χ0n) is 16.9. The number of ketones is 1. The molecule has 2 aromatic carbocycles. The molecule has 30 heavy (non-hydrogen) atoms. The van der Waals surface area contributed by atoms with Crippen LogP contribution >= 0.6 is 15.9 Å². The van der Waals surface area contributed by atoms with Gasteiger partial charge in [-0.25, -0.2) is 4.39 Å². The van der Waals surface area contributed by atoms with Crippen LogP contribution in [0.1, 0.15) is 55.6 Å². The second-order valence-corrected chi connectivity index (χ2v) is 10.0. The summed E-state index contributed by atoms with van der Waals surface area (Å²) in [5.41, 5.74) is 3.54. The maximum Gasteiger partial charge on any atom is 0.140 e. The lowest BCUT2D eigenvalue weighted by Gasteiger charge is -2.51. The molecule has 0 atom stereocenters. The fourth-order valence-corrected chi connectivity index (χ4v) is 6.06. The summed E-state index contributed by atoms with van der Waals surface area (Å²) in [7, 11) is 0. The predicted molar refractivity (Wildman–Crippen MR) is 121 cm³/mol. The van der Waals surface area contributed by atoms with E-state index in [1.54, 1.807) is 12.1 Å². The lowest BCUT2D eigenvalue weighted by Crippen LogP contribution is -2.43. The molecule has 1 spiro atoms. The molecule has 0 radical (unpaired) electrons. The van der Waals surface area contributed by atoms with Crippen molar-refractivity contribution in [3.05, 3.63) is 76.1 Å². The van der Waals surface area contributed by atoms with Crippen LogP contribution < -0.4 is 0 Å². The standard InChI is InChI=1S/C26H25BrFNO/c27-23-4-2-1-3-18(23)13-25(30)19-15-26(16-19)10-7-17(8-11-26)21-9-12-29-24-6-5-20(28)14-22(21)24/h1-6,9,12,14,17,19H,7-8,10-11,13,15-16H2. The van der Waals surface area contributed by atoms with E-state index in [-0.39, 0.29) is 11.7 Å². The molecular formula is C26H25BrFNO. The first-order valence-corrected chi connectivity index (χ1v) is 11.6. The van der Waals surface area contributed by atoms with Crippen molar-refractivity contribution in [2.75, 3.05) is 0 Å². The summed E-state index contributed by atoms with van der Waals surface area (Å²) in [4.78, 5) is 17.2. The Morgan fingerprint density at radius 1 is 1.10 bits per heavy atom. The van der Waals surface area contributed by atoms with Crippen LogP contribution in [0.3, 0.4) is 0 Å². The first kappa shape index (κ1) is 19.9. The Morgan fingerprint density at radius 2 is 1.87 bits per heavy atom. The highest BCUT2D eigenvalue weighted by Crippen LogP contribution is 2.57. The van der Waals surface area contributed by atoms with E-state index in [4.69, 9.17) is 0 Å². The summed E-state index contributed by atoms with van der Waals surface area (Å²) in [6.45, 7) is 0. The van der Waals surface area contributed by atoms with E-state index in [0.29, 0.717) is 23.5 Å². The normalized spacial score (nSPS) is 25.9. The van der Waals surface area contributed by atoms with Gasteiger partial charge < -0.3 is 0 Å².